The van der Waals surface area contributed by atoms with Crippen LogP contribution in [0.4, 0.5) is 8.78 Å². The van der Waals surface area contributed by atoms with E-state index >= 15 is 0 Å². The van der Waals surface area contributed by atoms with Crippen molar-refractivity contribution in [2.24, 2.45) is 9.98 Å². The number of aliphatic imine (C=N–C) groups is 2. The van der Waals surface area contributed by atoms with Crippen LogP contribution in [0.15, 0.2) is 100 Å². The first-order valence-electron chi connectivity index (χ1n) is 17.1. The molecule has 0 fully saturated rings. The van der Waals surface area contributed by atoms with Gasteiger partial charge in [0.1, 0.15) is 54.0 Å². The number of benzene rings is 2. The van der Waals surface area contributed by atoms with Crippen LogP contribution in [-0.4, -0.2) is 68.6 Å². The molecule has 304 valence electrons. The number of aromatic nitrogens is 6. The topological polar surface area (TPSA) is 158 Å². The third-order valence-electron chi connectivity index (χ3n) is 8.20. The van der Waals surface area contributed by atoms with Gasteiger partial charge in [-0.2, -0.15) is 0 Å². The summed E-state index contributed by atoms with van der Waals surface area (Å²) in [5.41, 5.74) is 10.9. The Kier molecular flexibility index (Phi) is 15.3. The molecule has 0 saturated carbocycles. The summed E-state index contributed by atoms with van der Waals surface area (Å²) in [6.45, 7) is 4.46. The molecular weight excluding hydrogens is 861 g/mol. The van der Waals surface area contributed by atoms with Gasteiger partial charge in [0.25, 0.3) is 0 Å². The summed E-state index contributed by atoms with van der Waals surface area (Å²) >= 11 is 15.1. The number of aromatic amines is 1. The number of hydrogen-bond donors (Lipinski definition) is 3. The van der Waals surface area contributed by atoms with Crippen LogP contribution in [0.2, 0.25) is 10.0 Å². The number of rotatable bonds is 7. The van der Waals surface area contributed by atoms with Crippen molar-refractivity contribution in [3.05, 3.63) is 146 Å². The molecule has 3 N–H and O–H groups in total. The predicted octanol–water partition coefficient (Wildman–Crippen LogP) is 8.42. The van der Waals surface area contributed by atoms with E-state index in [9.17, 15) is 8.78 Å². The van der Waals surface area contributed by atoms with E-state index in [1.807, 2.05) is 42.8 Å². The van der Waals surface area contributed by atoms with E-state index in [1.54, 1.807) is 56.3 Å². The molecule has 14 nitrogen and oxygen atoms in total. The van der Waals surface area contributed by atoms with Gasteiger partial charge in [0.15, 0.2) is 11.7 Å². The molecule has 2 aliphatic rings. The number of H-pyrrole nitrogens is 1. The Hall–Kier alpha value is -5.46. The van der Waals surface area contributed by atoms with Crippen molar-refractivity contribution >= 4 is 50.8 Å². The van der Waals surface area contributed by atoms with E-state index in [0.717, 1.165) is 32.7 Å². The number of methoxy groups -OCH3 is 2. The molecule has 2 atom stereocenters. The lowest BCUT2D eigenvalue weighted by atomic mass is 10.1. The van der Waals surface area contributed by atoms with Crippen LogP contribution in [0.3, 0.4) is 0 Å². The molecule has 0 aliphatic carbocycles. The molecule has 8 rings (SSSR count). The van der Waals surface area contributed by atoms with E-state index in [0.29, 0.717) is 41.4 Å². The number of hydroxylamine groups is 2. The van der Waals surface area contributed by atoms with Crippen LogP contribution in [0.5, 0.6) is 11.8 Å². The molecule has 0 spiro atoms. The molecule has 0 saturated heterocycles. The van der Waals surface area contributed by atoms with Gasteiger partial charge in [-0.15, -0.1) is 0 Å². The maximum absolute atomic E-state index is 13.4. The number of halogens is 5. The molecule has 58 heavy (non-hydrogen) atoms. The first kappa shape index (κ1) is 43.7. The van der Waals surface area contributed by atoms with Crippen molar-refractivity contribution in [3.8, 4) is 17.4 Å². The maximum atomic E-state index is 13.4. The van der Waals surface area contributed by atoms with Crippen molar-refractivity contribution < 1.29 is 27.9 Å². The van der Waals surface area contributed by atoms with Crippen LogP contribution in [0, 0.1) is 25.5 Å². The molecule has 6 heterocycles. The zero-order valence-electron chi connectivity index (χ0n) is 30.8. The van der Waals surface area contributed by atoms with Crippen LogP contribution in [0.25, 0.3) is 5.69 Å². The Labute approximate surface area is 351 Å². The van der Waals surface area contributed by atoms with Gasteiger partial charge in [0.2, 0.25) is 11.8 Å². The highest BCUT2D eigenvalue weighted by Crippen LogP contribution is 2.29. The van der Waals surface area contributed by atoms with Gasteiger partial charge in [0, 0.05) is 18.1 Å². The minimum Gasteiger partial charge on any atom is -0.480 e. The lowest BCUT2D eigenvalue weighted by Gasteiger charge is -2.22. The number of hydrogen-bond acceptors (Lipinski definition) is 12. The fraction of sp³-hybridized carbons (Fsp3) is 0.231. The molecule has 0 bridgehead atoms. The Morgan fingerprint density at radius 3 is 1.79 bits per heavy atom. The van der Waals surface area contributed by atoms with Crippen LogP contribution in [0.1, 0.15) is 53.4 Å². The largest absolute Gasteiger partial charge is 0.480 e. The van der Waals surface area contributed by atoms with Gasteiger partial charge in [-0.25, -0.2) is 39.7 Å². The van der Waals surface area contributed by atoms with Gasteiger partial charge in [-0.1, -0.05) is 42.8 Å². The summed E-state index contributed by atoms with van der Waals surface area (Å²) in [5, 5.41) is 0.105. The zero-order valence-corrected chi connectivity index (χ0v) is 33.9. The molecule has 0 radical (unpaired) electrons. The predicted molar refractivity (Wildman–Crippen MR) is 221 cm³/mol. The van der Waals surface area contributed by atoms with Gasteiger partial charge < -0.3 is 19.0 Å². The van der Waals surface area contributed by atoms with E-state index in [4.69, 9.17) is 42.4 Å². The summed E-state index contributed by atoms with van der Waals surface area (Å²) in [6.07, 6.45) is 7.02. The highest BCUT2D eigenvalue weighted by atomic mass is 79.9. The van der Waals surface area contributed by atoms with Crippen LogP contribution >= 0.6 is 39.1 Å². The normalized spacial score (nSPS) is 15.7. The number of amidine groups is 2. The van der Waals surface area contributed by atoms with Crippen molar-refractivity contribution in [3.63, 3.8) is 0 Å². The third-order valence-corrected chi connectivity index (χ3v) is 9.38. The Balaban J connectivity index is 0.000000193. The number of aryl methyl sites for hydroxylation is 2. The monoisotopic (exact) mass is 898 g/mol. The average Bonchev–Trinajstić information content (AvgIpc) is 3.91. The van der Waals surface area contributed by atoms with E-state index in [-0.39, 0.29) is 36.2 Å². The van der Waals surface area contributed by atoms with Crippen molar-refractivity contribution in [2.75, 3.05) is 27.4 Å². The van der Waals surface area contributed by atoms with E-state index in [1.165, 1.54) is 19.2 Å². The summed E-state index contributed by atoms with van der Waals surface area (Å²) in [7, 11) is 3.09. The third kappa shape index (κ3) is 10.9. The zero-order chi connectivity index (χ0) is 40.5. The highest BCUT2D eigenvalue weighted by Gasteiger charge is 2.23. The summed E-state index contributed by atoms with van der Waals surface area (Å²) in [5.74, 6) is 0.844. The van der Waals surface area contributed by atoms with Gasteiger partial charge in [-0.3, -0.25) is 19.7 Å². The van der Waals surface area contributed by atoms with Gasteiger partial charge >= 0.3 is 0 Å². The van der Waals surface area contributed by atoms with E-state index in [2.05, 4.69) is 61.8 Å². The Morgan fingerprint density at radius 1 is 0.793 bits per heavy atom. The number of pyridine rings is 2. The Morgan fingerprint density at radius 2 is 1.34 bits per heavy atom. The fourth-order valence-electron chi connectivity index (χ4n) is 5.32. The number of imidazole rings is 2. The maximum Gasteiger partial charge on any atom is 0.238 e. The molecule has 2 aromatic carbocycles. The lowest BCUT2D eigenvalue weighted by molar-refractivity contribution is 0.0620. The highest BCUT2D eigenvalue weighted by molar-refractivity contribution is 9.10. The molecular formula is C39H39BrCl2F2N10O4. The average molecular weight is 901 g/mol. The molecule has 19 heteroatoms. The van der Waals surface area contributed by atoms with E-state index < -0.39 is 11.6 Å². The van der Waals surface area contributed by atoms with Crippen LogP contribution in [-0.2, 0) is 9.68 Å². The number of nitrogens with zero attached hydrogens (tertiary/aromatic N) is 7. The molecule has 4 aromatic heterocycles. The number of ether oxygens (including phenoxy) is 2. The second-order valence-corrected chi connectivity index (χ2v) is 13.9. The molecule has 2 aliphatic heterocycles. The first-order chi connectivity index (χ1) is 27.5. The quantitative estimate of drug-likeness (QED) is 0.142. The molecule has 2 unspecified atom stereocenters. The SMILES string of the molecule is C.COc1nc(C2=NC(c3ccc(F)c(Cl)c3)CON2)ccc1-n1cnc(C)c1.COc1nc(C2=NC(c3ccc(F)c(Cl)c3)CON2)ccc1Br.Cc1cnc[nH]1. The summed E-state index contributed by atoms with van der Waals surface area (Å²) in [6, 6.07) is 15.6. The van der Waals surface area contributed by atoms with Crippen LogP contribution < -0.4 is 20.4 Å². The molecule has 6 aromatic rings. The summed E-state index contributed by atoms with van der Waals surface area (Å²) < 4.78 is 39.9. The van der Waals surface area contributed by atoms with Crippen molar-refractivity contribution in [1.29, 1.82) is 0 Å². The van der Waals surface area contributed by atoms with Gasteiger partial charge in [-0.05, 0) is 89.4 Å². The second-order valence-electron chi connectivity index (χ2n) is 12.2. The second kappa shape index (κ2) is 20.3. The smallest absolute Gasteiger partial charge is 0.238 e. The van der Waals surface area contributed by atoms with Crippen molar-refractivity contribution in [1.82, 2.24) is 40.4 Å². The first-order valence-corrected chi connectivity index (χ1v) is 18.6. The van der Waals surface area contributed by atoms with Crippen molar-refractivity contribution in [2.45, 2.75) is 33.4 Å². The number of nitrogens with one attached hydrogen (secondary N) is 3. The minimum absolute atomic E-state index is 0. The Bertz CT molecular complexity index is 2380. The molecule has 0 amide bonds. The fourth-order valence-corrected chi connectivity index (χ4v) is 6.08. The summed E-state index contributed by atoms with van der Waals surface area (Å²) in [4.78, 5) is 39.8. The van der Waals surface area contributed by atoms with Gasteiger partial charge in [0.05, 0.1) is 47.1 Å². The minimum atomic E-state index is -0.471. The standard InChI is InChI=1S/C19H17ClFN5O2.C15H12BrClFN3O2.C4H6N2.CH4/c1-11-8-26(10-22-11)17-6-5-15(24-19(17)27-2)18-23-16(9-28-25-18)12-3-4-14(21)13(20)7-12;1-22-15-9(16)3-5-12(20-15)14-19-13(7-23-21-14)8-2-4-11(18)10(17)6-8;1-4-2-5-3-6-4;/h3-8,10,16H,9H2,1-2H3,(H,23,25);2-6,13H,7H2,1H3,(H,19,21);2-3H,1H3,(H,5,6);1H4. The lowest BCUT2D eigenvalue weighted by Crippen LogP contribution is -2.33.